The van der Waals surface area contributed by atoms with Gasteiger partial charge in [-0.3, -0.25) is 4.90 Å². The predicted octanol–water partition coefficient (Wildman–Crippen LogP) is 2.40. The van der Waals surface area contributed by atoms with E-state index in [1.807, 2.05) is 12.1 Å². The first kappa shape index (κ1) is 16.5. The Labute approximate surface area is 148 Å². The van der Waals surface area contributed by atoms with Gasteiger partial charge in [-0.25, -0.2) is 0 Å². The van der Waals surface area contributed by atoms with Crippen molar-refractivity contribution in [3.05, 3.63) is 41.5 Å². The predicted molar refractivity (Wildman–Crippen MR) is 94.4 cm³/mol. The normalized spacial score (nSPS) is 24.4. The van der Waals surface area contributed by atoms with E-state index >= 15 is 0 Å². The zero-order valence-electron chi connectivity index (χ0n) is 14.9. The Hall–Kier alpha value is -1.92. The fourth-order valence-corrected chi connectivity index (χ4v) is 3.97. The minimum Gasteiger partial charge on any atom is -0.497 e. The van der Waals surface area contributed by atoms with Crippen LogP contribution < -0.4 is 4.74 Å². The van der Waals surface area contributed by atoms with E-state index in [-0.39, 0.29) is 12.1 Å². The second kappa shape index (κ2) is 6.77. The van der Waals surface area contributed by atoms with Crippen LogP contribution in [0.15, 0.2) is 24.3 Å². The number of benzene rings is 1. The van der Waals surface area contributed by atoms with Crippen LogP contribution in [0.3, 0.4) is 0 Å². The number of hydrogen-bond acceptors (Lipinski definition) is 5. The van der Waals surface area contributed by atoms with Gasteiger partial charge in [0.05, 0.1) is 19.8 Å². The molecule has 1 saturated carbocycles. The molecular weight excluding hydrogens is 316 g/mol. The average Bonchev–Trinajstić information content (AvgIpc) is 3.11. The van der Waals surface area contributed by atoms with Gasteiger partial charge in [0.25, 0.3) is 0 Å². The molecule has 25 heavy (non-hydrogen) atoms. The maximum atomic E-state index is 10.2. The first-order chi connectivity index (χ1) is 12.2. The zero-order valence-corrected chi connectivity index (χ0v) is 14.9. The summed E-state index contributed by atoms with van der Waals surface area (Å²) in [6, 6.07) is 8.30. The van der Waals surface area contributed by atoms with Crippen LogP contribution in [0, 0.1) is 0 Å². The molecule has 2 heterocycles. The van der Waals surface area contributed by atoms with Crippen LogP contribution in [0.4, 0.5) is 0 Å². The van der Waals surface area contributed by atoms with Gasteiger partial charge >= 0.3 is 0 Å². The highest BCUT2D eigenvalue weighted by Gasteiger charge is 2.34. The number of methoxy groups -OCH3 is 1. The maximum absolute atomic E-state index is 10.2. The molecule has 1 N–H and O–H groups in total. The van der Waals surface area contributed by atoms with Crippen molar-refractivity contribution in [2.45, 2.75) is 50.3 Å². The van der Waals surface area contributed by atoms with Crippen molar-refractivity contribution < 1.29 is 9.84 Å². The number of ether oxygens (including phenoxy) is 1. The molecule has 0 spiro atoms. The molecule has 1 saturated heterocycles. The highest BCUT2D eigenvalue weighted by molar-refractivity contribution is 5.31. The van der Waals surface area contributed by atoms with Gasteiger partial charge in [-0.15, -0.1) is 10.2 Å². The topological polar surface area (TPSA) is 63.4 Å². The van der Waals surface area contributed by atoms with Crippen molar-refractivity contribution in [2.24, 2.45) is 7.05 Å². The van der Waals surface area contributed by atoms with Crippen LogP contribution in [0.25, 0.3) is 0 Å². The monoisotopic (exact) mass is 342 g/mol. The summed E-state index contributed by atoms with van der Waals surface area (Å²) in [7, 11) is 3.75. The first-order valence-electron chi connectivity index (χ1n) is 9.10. The number of aliphatic hydroxyl groups excluding tert-OH is 1. The molecular formula is C19H26N4O2. The Morgan fingerprint density at radius 1 is 1.28 bits per heavy atom. The van der Waals surface area contributed by atoms with Crippen LogP contribution in [0.1, 0.15) is 54.9 Å². The average molecular weight is 342 g/mol. The maximum Gasteiger partial charge on any atom is 0.146 e. The van der Waals surface area contributed by atoms with Gasteiger partial charge in [-0.2, -0.15) is 0 Å². The van der Waals surface area contributed by atoms with Crippen LogP contribution in [-0.4, -0.2) is 44.5 Å². The second-order valence-electron chi connectivity index (χ2n) is 7.27. The van der Waals surface area contributed by atoms with Crippen molar-refractivity contribution in [1.29, 1.82) is 0 Å². The van der Waals surface area contributed by atoms with Crippen molar-refractivity contribution in [3.63, 3.8) is 0 Å². The van der Waals surface area contributed by atoms with Crippen molar-refractivity contribution in [1.82, 2.24) is 19.7 Å². The molecule has 1 aliphatic heterocycles. The van der Waals surface area contributed by atoms with Gasteiger partial charge in [0.1, 0.15) is 17.4 Å². The third-order valence-electron chi connectivity index (χ3n) is 5.67. The van der Waals surface area contributed by atoms with Gasteiger partial charge in [0.15, 0.2) is 0 Å². The SMILES string of the molecule is COc1cccc([C@@H]2C[C@@H](O)CN2Cc2nnc(C3CCC3)n2C)c1. The van der Waals surface area contributed by atoms with Gasteiger partial charge < -0.3 is 14.4 Å². The third kappa shape index (κ3) is 3.16. The number of hydrogen-bond donors (Lipinski definition) is 1. The van der Waals surface area contributed by atoms with Gasteiger partial charge in [0, 0.05) is 25.6 Å². The molecule has 2 aliphatic rings. The lowest BCUT2D eigenvalue weighted by atomic mass is 9.85. The van der Waals surface area contributed by atoms with E-state index in [2.05, 4.69) is 38.8 Å². The lowest BCUT2D eigenvalue weighted by Crippen LogP contribution is -2.26. The summed E-state index contributed by atoms with van der Waals surface area (Å²) in [6.07, 6.45) is 4.17. The quantitative estimate of drug-likeness (QED) is 0.904. The summed E-state index contributed by atoms with van der Waals surface area (Å²) < 4.78 is 7.50. The van der Waals surface area contributed by atoms with Crippen molar-refractivity contribution in [3.8, 4) is 5.75 Å². The fraction of sp³-hybridized carbons (Fsp3) is 0.579. The van der Waals surface area contributed by atoms with E-state index in [1.54, 1.807) is 7.11 Å². The van der Waals surface area contributed by atoms with Crippen LogP contribution in [0.5, 0.6) is 5.75 Å². The van der Waals surface area contributed by atoms with E-state index in [0.29, 0.717) is 19.0 Å². The van der Waals surface area contributed by atoms with Crippen LogP contribution in [-0.2, 0) is 13.6 Å². The standard InChI is InChI=1S/C19H26N4O2/c1-22-18(20-21-19(22)13-5-3-6-13)12-23-11-15(24)10-17(23)14-7-4-8-16(9-14)25-2/h4,7-9,13,15,17,24H,3,5-6,10-12H2,1-2H3/t15-,17+/m1/s1. The summed E-state index contributed by atoms with van der Waals surface area (Å²) in [5, 5.41) is 19.1. The van der Waals surface area contributed by atoms with E-state index in [1.165, 1.54) is 24.8 Å². The molecule has 2 atom stereocenters. The number of β-amino-alcohol motifs (C(OH)–C–C–N with tert-alkyl or cyclic N) is 1. The first-order valence-corrected chi connectivity index (χ1v) is 9.10. The molecule has 1 aromatic heterocycles. The summed E-state index contributed by atoms with van der Waals surface area (Å²) in [6.45, 7) is 1.36. The van der Waals surface area contributed by atoms with Gasteiger partial charge in [-0.05, 0) is 37.0 Å². The lowest BCUT2D eigenvalue weighted by Gasteiger charge is -2.26. The Morgan fingerprint density at radius 2 is 2.12 bits per heavy atom. The van der Waals surface area contributed by atoms with Gasteiger partial charge in [-0.1, -0.05) is 18.6 Å². The number of likely N-dealkylation sites (tertiary alicyclic amines) is 1. The minimum absolute atomic E-state index is 0.175. The van der Waals surface area contributed by atoms with Gasteiger partial charge in [0.2, 0.25) is 0 Å². The molecule has 6 nitrogen and oxygen atoms in total. The van der Waals surface area contributed by atoms with E-state index < -0.39 is 0 Å². The molecule has 2 aromatic rings. The molecule has 0 amide bonds. The van der Waals surface area contributed by atoms with Crippen LogP contribution >= 0.6 is 0 Å². The Morgan fingerprint density at radius 3 is 2.84 bits per heavy atom. The van der Waals surface area contributed by atoms with Crippen molar-refractivity contribution >= 4 is 0 Å². The van der Waals surface area contributed by atoms with E-state index in [9.17, 15) is 5.11 Å². The Balaban J connectivity index is 1.55. The smallest absolute Gasteiger partial charge is 0.146 e. The lowest BCUT2D eigenvalue weighted by molar-refractivity contribution is 0.170. The summed E-state index contributed by atoms with van der Waals surface area (Å²) in [5.74, 6) is 3.51. The number of rotatable bonds is 5. The molecule has 0 unspecified atom stereocenters. The number of aliphatic hydroxyl groups is 1. The Bertz CT molecular complexity index is 741. The highest BCUT2D eigenvalue weighted by Crippen LogP contribution is 2.37. The van der Waals surface area contributed by atoms with Crippen LogP contribution in [0.2, 0.25) is 0 Å². The largest absolute Gasteiger partial charge is 0.497 e. The third-order valence-corrected chi connectivity index (χ3v) is 5.67. The number of nitrogens with zero attached hydrogens (tertiary/aromatic N) is 4. The van der Waals surface area contributed by atoms with Crippen molar-refractivity contribution in [2.75, 3.05) is 13.7 Å². The Kier molecular flexibility index (Phi) is 4.48. The molecule has 4 rings (SSSR count). The number of aromatic nitrogens is 3. The molecule has 6 heteroatoms. The molecule has 1 aromatic carbocycles. The fourth-order valence-electron chi connectivity index (χ4n) is 3.97. The molecule has 0 radical (unpaired) electrons. The minimum atomic E-state index is -0.310. The summed E-state index contributed by atoms with van der Waals surface area (Å²) in [4.78, 5) is 2.30. The molecule has 134 valence electrons. The summed E-state index contributed by atoms with van der Waals surface area (Å²) >= 11 is 0. The second-order valence-corrected chi connectivity index (χ2v) is 7.27. The molecule has 2 fully saturated rings. The molecule has 1 aliphatic carbocycles. The van der Waals surface area contributed by atoms with E-state index in [4.69, 9.17) is 4.74 Å². The zero-order chi connectivity index (χ0) is 17.4. The highest BCUT2D eigenvalue weighted by atomic mass is 16.5. The summed E-state index contributed by atoms with van der Waals surface area (Å²) in [5.41, 5.74) is 1.18. The van der Waals surface area contributed by atoms with E-state index in [0.717, 1.165) is 23.8 Å². The molecule has 0 bridgehead atoms.